The second kappa shape index (κ2) is 7.40. The Labute approximate surface area is 184 Å². The molecule has 0 amide bonds. The van der Waals surface area contributed by atoms with E-state index in [1.54, 1.807) is 12.1 Å². The molecule has 4 rings (SSSR count). The largest absolute Gasteiger partial charge is 0.504 e. The molecule has 7 nitrogen and oxygen atoms in total. The normalized spacial score (nSPS) is 18.2. The molecule has 160 valence electrons. The number of rotatable bonds is 5. The van der Waals surface area contributed by atoms with Crippen molar-refractivity contribution in [2.75, 3.05) is 17.1 Å². The first-order chi connectivity index (χ1) is 14.0. The van der Waals surface area contributed by atoms with Gasteiger partial charge in [-0.25, -0.2) is 16.8 Å². The lowest BCUT2D eigenvalue weighted by Crippen LogP contribution is -2.30. The highest BCUT2D eigenvalue weighted by Gasteiger charge is 2.37. The van der Waals surface area contributed by atoms with Crippen molar-refractivity contribution in [3.05, 3.63) is 57.3 Å². The molecule has 0 atom stereocenters. The fourth-order valence-electron chi connectivity index (χ4n) is 3.43. The monoisotopic (exact) mass is 488 g/mol. The van der Waals surface area contributed by atoms with Crippen LogP contribution in [0.15, 0.2) is 30.5 Å². The van der Waals surface area contributed by atoms with E-state index in [1.165, 1.54) is 25.4 Å². The van der Waals surface area contributed by atoms with E-state index in [4.69, 9.17) is 23.2 Å². The highest BCUT2D eigenvalue weighted by Crippen LogP contribution is 2.45. The van der Waals surface area contributed by atoms with Gasteiger partial charge < -0.3 is 5.11 Å². The summed E-state index contributed by atoms with van der Waals surface area (Å²) in [4.78, 5) is 3.68. The molecule has 1 aliphatic carbocycles. The Morgan fingerprint density at radius 3 is 2.60 bits per heavy atom. The number of nitrogens with zero attached hydrogens (tertiary/aromatic N) is 2. The fourth-order valence-corrected chi connectivity index (χ4v) is 7.61. The molecule has 1 fully saturated rings. The summed E-state index contributed by atoms with van der Waals surface area (Å²) < 4.78 is 52.4. The van der Waals surface area contributed by atoms with E-state index >= 15 is 0 Å². The van der Waals surface area contributed by atoms with Gasteiger partial charge in [-0.05, 0) is 36.5 Å². The molecule has 2 aromatic rings. The molecule has 0 bridgehead atoms. The van der Waals surface area contributed by atoms with Crippen LogP contribution in [-0.4, -0.2) is 39.7 Å². The van der Waals surface area contributed by atoms with Crippen LogP contribution in [-0.2, 0) is 25.6 Å². The quantitative estimate of drug-likeness (QED) is 0.684. The molecule has 2 aliphatic rings. The molecule has 1 saturated carbocycles. The van der Waals surface area contributed by atoms with Gasteiger partial charge in [0.2, 0.25) is 10.0 Å². The van der Waals surface area contributed by atoms with Crippen LogP contribution in [0.4, 0.5) is 5.69 Å². The van der Waals surface area contributed by atoms with Crippen molar-refractivity contribution in [3.8, 4) is 0 Å². The Bertz CT molecular complexity index is 1290. The van der Waals surface area contributed by atoms with Crippen LogP contribution in [0.2, 0.25) is 10.0 Å². The molecule has 0 unspecified atom stereocenters. The Hall–Kier alpha value is -1.81. The molecular formula is C19H18Cl2N2O5S2. The maximum absolute atomic E-state index is 13.0. The number of pyridine rings is 1. The number of aliphatic hydroxyl groups excluding tert-OH is 1. The van der Waals surface area contributed by atoms with Gasteiger partial charge in [0.15, 0.2) is 15.6 Å². The van der Waals surface area contributed by atoms with Crippen LogP contribution in [0.25, 0.3) is 10.7 Å². The fraction of sp³-hybridized carbons (Fsp3) is 0.316. The molecule has 1 N–H and O–H groups in total. The number of hydrogen-bond acceptors (Lipinski definition) is 6. The summed E-state index contributed by atoms with van der Waals surface area (Å²) in [5, 5.41) is 10.6. The van der Waals surface area contributed by atoms with Crippen molar-refractivity contribution in [3.63, 3.8) is 0 Å². The second-order valence-electron chi connectivity index (χ2n) is 7.39. The summed E-state index contributed by atoms with van der Waals surface area (Å²) in [7, 11) is -6.35. The summed E-state index contributed by atoms with van der Waals surface area (Å²) in [6.07, 6.45) is 3.14. The maximum Gasteiger partial charge on any atom is 0.235 e. The number of benzene rings is 1. The van der Waals surface area contributed by atoms with Crippen molar-refractivity contribution in [1.29, 1.82) is 0 Å². The molecule has 0 radical (unpaired) electrons. The van der Waals surface area contributed by atoms with Crippen molar-refractivity contribution in [2.45, 2.75) is 18.6 Å². The summed E-state index contributed by atoms with van der Waals surface area (Å²) in [6, 6.07) is 5.87. The number of anilines is 1. The third-order valence-electron chi connectivity index (χ3n) is 5.17. The number of aliphatic hydroxyl groups is 1. The van der Waals surface area contributed by atoms with Gasteiger partial charge in [0.1, 0.15) is 10.6 Å². The molecule has 0 spiro atoms. The van der Waals surface area contributed by atoms with E-state index in [2.05, 4.69) is 4.98 Å². The van der Waals surface area contributed by atoms with Crippen molar-refractivity contribution in [2.24, 2.45) is 5.92 Å². The van der Waals surface area contributed by atoms with Crippen LogP contribution in [0.3, 0.4) is 0 Å². The number of aromatic nitrogens is 1. The SMILES string of the molecule is CN(c1c(Cl)ccc(C2=C(O)c3ncccc3CS2(=O)=O)c1Cl)S(=O)(=O)CC1CC1. The van der Waals surface area contributed by atoms with Crippen LogP contribution in [0.1, 0.15) is 29.7 Å². The molecule has 2 heterocycles. The van der Waals surface area contributed by atoms with Gasteiger partial charge in [-0.2, -0.15) is 0 Å². The Kier molecular flexibility index (Phi) is 5.29. The molecule has 1 aromatic carbocycles. The third kappa shape index (κ3) is 3.68. The van der Waals surface area contributed by atoms with E-state index in [1.807, 2.05) is 0 Å². The van der Waals surface area contributed by atoms with Crippen LogP contribution in [0, 0.1) is 5.92 Å². The summed E-state index contributed by atoms with van der Waals surface area (Å²) in [6.45, 7) is 0. The van der Waals surface area contributed by atoms with E-state index in [-0.39, 0.29) is 44.4 Å². The van der Waals surface area contributed by atoms with E-state index in [9.17, 15) is 21.9 Å². The van der Waals surface area contributed by atoms with Crippen molar-refractivity contribution in [1.82, 2.24) is 4.98 Å². The zero-order valence-corrected chi connectivity index (χ0v) is 19.0. The third-order valence-corrected chi connectivity index (χ3v) is 9.50. The highest BCUT2D eigenvalue weighted by atomic mass is 35.5. The summed E-state index contributed by atoms with van der Waals surface area (Å²) in [5.74, 6) is -0.828. The second-order valence-corrected chi connectivity index (χ2v) is 12.2. The van der Waals surface area contributed by atoms with Crippen molar-refractivity contribution < 1.29 is 21.9 Å². The standard InChI is InChI=1S/C19H18Cl2N2O5S2/c1-23(30(27,28)9-11-4-5-11)17-14(20)7-6-13(15(17)21)19-18(24)16-12(3-2-8-22-16)10-29(19,25)26/h2-3,6-8,11,24H,4-5,9-10H2,1H3. The first-order valence-electron chi connectivity index (χ1n) is 9.08. The average molecular weight is 489 g/mol. The average Bonchev–Trinajstić information content (AvgIpc) is 3.46. The maximum atomic E-state index is 13.0. The number of fused-ring (bicyclic) bond motifs is 1. The molecule has 1 aliphatic heterocycles. The minimum absolute atomic E-state index is 0.0289. The van der Waals surface area contributed by atoms with Crippen LogP contribution < -0.4 is 4.31 Å². The predicted octanol–water partition coefficient (Wildman–Crippen LogP) is 3.88. The predicted molar refractivity (Wildman–Crippen MR) is 118 cm³/mol. The molecule has 1 aromatic heterocycles. The minimum Gasteiger partial charge on any atom is -0.504 e. The van der Waals surface area contributed by atoms with Crippen LogP contribution >= 0.6 is 23.2 Å². The van der Waals surface area contributed by atoms with Gasteiger partial charge in [-0.1, -0.05) is 35.3 Å². The lowest BCUT2D eigenvalue weighted by Gasteiger charge is -2.25. The van der Waals surface area contributed by atoms with E-state index < -0.39 is 30.5 Å². The number of sulfone groups is 1. The summed E-state index contributed by atoms with van der Waals surface area (Å²) >= 11 is 12.8. The Morgan fingerprint density at radius 1 is 1.23 bits per heavy atom. The van der Waals surface area contributed by atoms with Gasteiger partial charge in [0, 0.05) is 18.8 Å². The topological polar surface area (TPSA) is 105 Å². The molecule has 30 heavy (non-hydrogen) atoms. The molecule has 11 heteroatoms. The highest BCUT2D eigenvalue weighted by molar-refractivity contribution is 8.00. The van der Waals surface area contributed by atoms with E-state index in [0.29, 0.717) is 5.56 Å². The van der Waals surface area contributed by atoms with Gasteiger partial charge in [-0.15, -0.1) is 0 Å². The smallest absolute Gasteiger partial charge is 0.235 e. The number of halogens is 2. The minimum atomic E-state index is -3.97. The zero-order valence-electron chi connectivity index (χ0n) is 15.8. The van der Waals surface area contributed by atoms with Crippen molar-refractivity contribution >= 4 is 59.4 Å². The molecular weight excluding hydrogens is 471 g/mol. The first kappa shape index (κ1) is 21.4. The van der Waals surface area contributed by atoms with Gasteiger partial charge in [0.25, 0.3) is 0 Å². The van der Waals surface area contributed by atoms with Crippen LogP contribution in [0.5, 0.6) is 0 Å². The zero-order chi connectivity index (χ0) is 21.8. The number of sulfonamides is 1. The van der Waals surface area contributed by atoms with E-state index in [0.717, 1.165) is 17.1 Å². The van der Waals surface area contributed by atoms with Gasteiger partial charge >= 0.3 is 0 Å². The first-order valence-corrected chi connectivity index (χ1v) is 13.1. The lowest BCUT2D eigenvalue weighted by atomic mass is 10.1. The van der Waals surface area contributed by atoms with Gasteiger partial charge in [0.05, 0.1) is 27.2 Å². The number of hydrogen-bond donors (Lipinski definition) is 1. The Morgan fingerprint density at radius 2 is 1.93 bits per heavy atom. The lowest BCUT2D eigenvalue weighted by molar-refractivity contribution is 0.508. The van der Waals surface area contributed by atoms with Gasteiger partial charge in [-0.3, -0.25) is 9.29 Å². The summed E-state index contributed by atoms with van der Waals surface area (Å²) in [5.41, 5.74) is 0.454. The molecule has 0 saturated heterocycles. The Balaban J connectivity index is 1.90.